The minimum atomic E-state index is -0.192. The number of rotatable bonds is 7. The van der Waals surface area contributed by atoms with Gasteiger partial charge in [0.1, 0.15) is 17.3 Å². The van der Waals surface area contributed by atoms with Gasteiger partial charge >= 0.3 is 0 Å². The van der Waals surface area contributed by atoms with Crippen molar-refractivity contribution in [3.05, 3.63) is 217 Å². The van der Waals surface area contributed by atoms with Crippen LogP contribution in [0.4, 0.5) is 0 Å². The third kappa shape index (κ3) is 6.14. The standard InChI is InChI=1S/C54H37N5O/c1-59-47(34-46(35-18-6-2-7-19-35)55-54(59)38-24-12-5-13-25-38)42-31-30-41(39-26-14-15-27-40(39)42)43-32-33-45(49-44-28-16-17-29-48(44)60-50(43)49)53-57-51(36-20-8-3-9-21-36)56-52(58-53)37-22-10-4-11-23-37/h2-34,54H,1H3. The van der Waals surface area contributed by atoms with Crippen LogP contribution in [-0.4, -0.2) is 32.6 Å². The van der Waals surface area contributed by atoms with E-state index in [0.29, 0.717) is 17.5 Å². The maximum absolute atomic E-state index is 6.86. The van der Waals surface area contributed by atoms with Crippen molar-refractivity contribution >= 4 is 44.1 Å². The van der Waals surface area contributed by atoms with Crippen molar-refractivity contribution in [1.82, 2.24) is 19.9 Å². The van der Waals surface area contributed by atoms with E-state index in [0.717, 1.165) is 88.6 Å². The van der Waals surface area contributed by atoms with Gasteiger partial charge in [0, 0.05) is 51.3 Å². The lowest BCUT2D eigenvalue weighted by Crippen LogP contribution is -2.27. The smallest absolute Gasteiger partial charge is 0.164 e. The second-order valence-electron chi connectivity index (χ2n) is 15.0. The van der Waals surface area contributed by atoms with E-state index >= 15 is 0 Å². The molecule has 0 amide bonds. The number of aromatic nitrogens is 3. The quantitative estimate of drug-likeness (QED) is 0.161. The van der Waals surface area contributed by atoms with E-state index in [-0.39, 0.29) is 6.17 Å². The van der Waals surface area contributed by atoms with Crippen LogP contribution in [0.1, 0.15) is 22.9 Å². The van der Waals surface area contributed by atoms with Gasteiger partial charge < -0.3 is 9.32 Å². The molecule has 0 spiro atoms. The highest BCUT2D eigenvalue weighted by Crippen LogP contribution is 2.45. The molecule has 1 unspecified atom stereocenters. The molecule has 0 N–H and O–H groups in total. The molecule has 0 saturated heterocycles. The van der Waals surface area contributed by atoms with Crippen molar-refractivity contribution < 1.29 is 4.42 Å². The SMILES string of the molecule is CN1C(c2ccc(-c3ccc(-c4nc(-c5ccccc5)nc(-c5ccccc5)n4)c4c3oc3ccccc34)c3ccccc23)=CC(c2ccccc2)=NC1c1ccccc1. The highest BCUT2D eigenvalue weighted by atomic mass is 16.3. The van der Waals surface area contributed by atoms with Gasteiger partial charge in [0.05, 0.1) is 5.71 Å². The van der Waals surface area contributed by atoms with Gasteiger partial charge in [-0.1, -0.05) is 176 Å². The van der Waals surface area contributed by atoms with Gasteiger partial charge in [-0.15, -0.1) is 0 Å². The van der Waals surface area contributed by atoms with Crippen LogP contribution in [-0.2, 0) is 0 Å². The number of benzene rings is 8. The summed E-state index contributed by atoms with van der Waals surface area (Å²) in [7, 11) is 2.14. The fourth-order valence-electron chi connectivity index (χ4n) is 8.49. The molecule has 10 aromatic rings. The monoisotopic (exact) mass is 771 g/mol. The number of para-hydroxylation sites is 1. The molecule has 60 heavy (non-hydrogen) atoms. The van der Waals surface area contributed by atoms with Crippen molar-refractivity contribution in [2.45, 2.75) is 6.17 Å². The number of nitrogens with zero attached hydrogens (tertiary/aromatic N) is 5. The third-order valence-corrected chi connectivity index (χ3v) is 11.4. The Balaban J connectivity index is 1.10. The molecule has 0 saturated carbocycles. The molecule has 0 bridgehead atoms. The van der Waals surface area contributed by atoms with Crippen molar-refractivity contribution in [3.63, 3.8) is 0 Å². The molecule has 1 aliphatic rings. The number of hydrogen-bond acceptors (Lipinski definition) is 6. The van der Waals surface area contributed by atoms with Crippen molar-refractivity contribution in [2.24, 2.45) is 4.99 Å². The fraction of sp³-hybridized carbons (Fsp3) is 0.0370. The van der Waals surface area contributed by atoms with E-state index in [4.69, 9.17) is 24.4 Å². The summed E-state index contributed by atoms with van der Waals surface area (Å²) < 4.78 is 6.86. The van der Waals surface area contributed by atoms with Crippen molar-refractivity contribution in [1.29, 1.82) is 0 Å². The fourth-order valence-corrected chi connectivity index (χ4v) is 8.49. The summed E-state index contributed by atoms with van der Waals surface area (Å²) in [5, 5.41) is 4.23. The molecule has 6 heteroatoms. The van der Waals surface area contributed by atoms with Gasteiger partial charge in [-0.05, 0) is 51.7 Å². The summed E-state index contributed by atoms with van der Waals surface area (Å²) >= 11 is 0. The summed E-state index contributed by atoms with van der Waals surface area (Å²) in [4.78, 5) is 22.8. The molecule has 6 nitrogen and oxygen atoms in total. The zero-order valence-corrected chi connectivity index (χ0v) is 32.8. The minimum absolute atomic E-state index is 0.192. The first-order valence-corrected chi connectivity index (χ1v) is 20.1. The predicted octanol–water partition coefficient (Wildman–Crippen LogP) is 13.1. The van der Waals surface area contributed by atoms with Crippen LogP contribution >= 0.6 is 0 Å². The predicted molar refractivity (Wildman–Crippen MR) is 244 cm³/mol. The molecular weight excluding hydrogens is 735 g/mol. The summed E-state index contributed by atoms with van der Waals surface area (Å²) in [6.45, 7) is 0. The maximum atomic E-state index is 6.86. The van der Waals surface area contributed by atoms with Crippen LogP contribution < -0.4 is 0 Å². The lowest BCUT2D eigenvalue weighted by atomic mass is 9.90. The van der Waals surface area contributed by atoms with E-state index in [1.807, 2.05) is 78.9 Å². The van der Waals surface area contributed by atoms with Crippen LogP contribution in [0.2, 0.25) is 0 Å². The van der Waals surface area contributed by atoms with Crippen LogP contribution in [0.5, 0.6) is 0 Å². The highest BCUT2D eigenvalue weighted by Gasteiger charge is 2.27. The molecule has 284 valence electrons. The van der Waals surface area contributed by atoms with Crippen molar-refractivity contribution in [2.75, 3.05) is 7.05 Å². The molecular formula is C54H37N5O. The molecule has 0 aliphatic carbocycles. The lowest BCUT2D eigenvalue weighted by Gasteiger charge is -2.34. The second kappa shape index (κ2) is 14.8. The highest BCUT2D eigenvalue weighted by molar-refractivity contribution is 6.19. The molecule has 2 aromatic heterocycles. The normalized spacial score (nSPS) is 14.1. The Morgan fingerprint density at radius 3 is 1.57 bits per heavy atom. The summed E-state index contributed by atoms with van der Waals surface area (Å²) in [5.74, 6) is 1.81. The van der Waals surface area contributed by atoms with Gasteiger partial charge in [0.2, 0.25) is 0 Å². The van der Waals surface area contributed by atoms with Gasteiger partial charge in [-0.3, -0.25) is 4.99 Å². The average Bonchev–Trinajstić information content (AvgIpc) is 3.72. The van der Waals surface area contributed by atoms with Crippen LogP contribution in [0.3, 0.4) is 0 Å². The first-order chi connectivity index (χ1) is 29.7. The Kier molecular flexibility index (Phi) is 8.67. The number of fused-ring (bicyclic) bond motifs is 4. The van der Waals surface area contributed by atoms with Crippen LogP contribution in [0, 0.1) is 0 Å². The Morgan fingerprint density at radius 2 is 0.917 bits per heavy atom. The minimum Gasteiger partial charge on any atom is -0.455 e. The van der Waals surface area contributed by atoms with E-state index < -0.39 is 0 Å². The first-order valence-electron chi connectivity index (χ1n) is 20.1. The van der Waals surface area contributed by atoms with Gasteiger partial charge in [-0.2, -0.15) is 0 Å². The van der Waals surface area contributed by atoms with Crippen LogP contribution in [0.25, 0.3) is 83.7 Å². The Bertz CT molecular complexity index is 3210. The van der Waals surface area contributed by atoms with Gasteiger partial charge in [0.25, 0.3) is 0 Å². The topological polar surface area (TPSA) is 67.4 Å². The van der Waals surface area contributed by atoms with Gasteiger partial charge in [0.15, 0.2) is 17.5 Å². The van der Waals surface area contributed by atoms with E-state index in [1.54, 1.807) is 0 Å². The molecule has 11 rings (SSSR count). The number of furan rings is 1. The molecule has 1 aliphatic heterocycles. The summed E-state index contributed by atoms with van der Waals surface area (Å²) in [6, 6.07) is 66.8. The Labute approximate surface area is 347 Å². The zero-order valence-electron chi connectivity index (χ0n) is 32.8. The van der Waals surface area contributed by atoms with E-state index in [1.165, 1.54) is 0 Å². The molecule has 3 heterocycles. The molecule has 0 fully saturated rings. The zero-order chi connectivity index (χ0) is 40.0. The lowest BCUT2D eigenvalue weighted by molar-refractivity contribution is 0.364. The second-order valence-corrected chi connectivity index (χ2v) is 15.0. The Hall–Kier alpha value is -7.96. The number of aliphatic imine (C=N–C) groups is 1. The molecule has 8 aromatic carbocycles. The average molecular weight is 772 g/mol. The Morgan fingerprint density at radius 1 is 0.433 bits per heavy atom. The molecule has 0 radical (unpaired) electrons. The van der Waals surface area contributed by atoms with E-state index in [9.17, 15) is 0 Å². The van der Waals surface area contributed by atoms with Crippen molar-refractivity contribution in [3.8, 4) is 45.3 Å². The van der Waals surface area contributed by atoms with E-state index in [2.05, 4.69) is 133 Å². The molecule has 1 atom stereocenters. The summed E-state index contributed by atoms with van der Waals surface area (Å²) in [5.41, 5.74) is 11.8. The third-order valence-electron chi connectivity index (χ3n) is 11.4. The largest absolute Gasteiger partial charge is 0.455 e. The first kappa shape index (κ1) is 35.2. The van der Waals surface area contributed by atoms with Gasteiger partial charge in [-0.25, -0.2) is 15.0 Å². The number of hydrogen-bond donors (Lipinski definition) is 0. The number of allylic oxidation sites excluding steroid dienone is 1. The summed E-state index contributed by atoms with van der Waals surface area (Å²) in [6.07, 6.45) is 2.03. The van der Waals surface area contributed by atoms with Crippen LogP contribution in [0.15, 0.2) is 210 Å². The maximum Gasteiger partial charge on any atom is 0.164 e.